The summed E-state index contributed by atoms with van der Waals surface area (Å²) in [4.78, 5) is 21.2. The SMILES string of the molecule is CCNc1nc(C)c([N+](=O)[O-])c(NC(C)CCN(C)C)n1. The van der Waals surface area contributed by atoms with E-state index in [2.05, 4.69) is 25.5 Å². The summed E-state index contributed by atoms with van der Waals surface area (Å²) in [6.45, 7) is 7.08. The molecule has 118 valence electrons. The van der Waals surface area contributed by atoms with Crippen molar-refractivity contribution < 1.29 is 4.92 Å². The van der Waals surface area contributed by atoms with Crippen molar-refractivity contribution >= 4 is 17.5 Å². The third kappa shape index (κ3) is 5.14. The Balaban J connectivity index is 2.98. The van der Waals surface area contributed by atoms with Gasteiger partial charge in [0.05, 0.1) is 4.92 Å². The van der Waals surface area contributed by atoms with Gasteiger partial charge in [-0.3, -0.25) is 10.1 Å². The van der Waals surface area contributed by atoms with E-state index in [4.69, 9.17) is 0 Å². The molecule has 1 atom stereocenters. The molecule has 0 aromatic carbocycles. The number of hydrogen-bond donors (Lipinski definition) is 2. The molecule has 1 aromatic rings. The zero-order valence-corrected chi connectivity index (χ0v) is 13.3. The van der Waals surface area contributed by atoms with Crippen LogP contribution in [0.15, 0.2) is 0 Å². The Labute approximate surface area is 125 Å². The molecule has 1 unspecified atom stereocenters. The monoisotopic (exact) mass is 296 g/mol. The van der Waals surface area contributed by atoms with Crippen LogP contribution in [0.2, 0.25) is 0 Å². The van der Waals surface area contributed by atoms with Crippen molar-refractivity contribution in [2.45, 2.75) is 33.2 Å². The van der Waals surface area contributed by atoms with E-state index in [0.717, 1.165) is 13.0 Å². The average Bonchev–Trinajstić information content (AvgIpc) is 2.35. The summed E-state index contributed by atoms with van der Waals surface area (Å²) < 4.78 is 0. The molecular formula is C13H24N6O2. The zero-order chi connectivity index (χ0) is 16.0. The van der Waals surface area contributed by atoms with Crippen molar-refractivity contribution in [3.05, 3.63) is 15.8 Å². The van der Waals surface area contributed by atoms with Crippen LogP contribution in [0.4, 0.5) is 17.5 Å². The van der Waals surface area contributed by atoms with Crippen molar-refractivity contribution in [2.24, 2.45) is 0 Å². The van der Waals surface area contributed by atoms with Crippen LogP contribution in [-0.4, -0.2) is 53.0 Å². The summed E-state index contributed by atoms with van der Waals surface area (Å²) in [6.07, 6.45) is 0.865. The van der Waals surface area contributed by atoms with Gasteiger partial charge in [0, 0.05) is 12.6 Å². The lowest BCUT2D eigenvalue weighted by Gasteiger charge is -2.18. The minimum absolute atomic E-state index is 0.0617. The third-order valence-electron chi connectivity index (χ3n) is 2.97. The molecule has 0 saturated carbocycles. The van der Waals surface area contributed by atoms with Gasteiger partial charge in [0.2, 0.25) is 11.8 Å². The van der Waals surface area contributed by atoms with Crippen molar-refractivity contribution in [3.63, 3.8) is 0 Å². The zero-order valence-electron chi connectivity index (χ0n) is 13.3. The van der Waals surface area contributed by atoms with Crippen molar-refractivity contribution in [3.8, 4) is 0 Å². The minimum Gasteiger partial charge on any atom is -0.362 e. The van der Waals surface area contributed by atoms with Gasteiger partial charge in [0.15, 0.2) is 0 Å². The van der Waals surface area contributed by atoms with E-state index in [-0.39, 0.29) is 17.5 Å². The van der Waals surface area contributed by atoms with E-state index in [9.17, 15) is 10.1 Å². The minimum atomic E-state index is -0.438. The van der Waals surface area contributed by atoms with Crippen LogP contribution in [0.5, 0.6) is 0 Å². The fourth-order valence-corrected chi connectivity index (χ4v) is 1.88. The first kappa shape index (κ1) is 17.1. The molecule has 8 nitrogen and oxygen atoms in total. The smallest absolute Gasteiger partial charge is 0.332 e. The molecule has 2 N–H and O–H groups in total. The van der Waals surface area contributed by atoms with Crippen molar-refractivity contribution in [1.29, 1.82) is 0 Å². The molecule has 1 heterocycles. The van der Waals surface area contributed by atoms with Gasteiger partial charge in [-0.25, -0.2) is 4.98 Å². The fraction of sp³-hybridized carbons (Fsp3) is 0.692. The average molecular weight is 296 g/mol. The maximum Gasteiger partial charge on any atom is 0.332 e. The Kier molecular flexibility index (Phi) is 6.29. The Morgan fingerprint density at radius 1 is 1.38 bits per heavy atom. The highest BCUT2D eigenvalue weighted by atomic mass is 16.6. The van der Waals surface area contributed by atoms with E-state index in [1.807, 2.05) is 27.9 Å². The van der Waals surface area contributed by atoms with Gasteiger partial charge in [-0.2, -0.15) is 4.98 Å². The van der Waals surface area contributed by atoms with Gasteiger partial charge < -0.3 is 15.5 Å². The predicted molar refractivity (Wildman–Crippen MR) is 83.8 cm³/mol. The second-order valence-electron chi connectivity index (χ2n) is 5.25. The van der Waals surface area contributed by atoms with Crippen molar-refractivity contribution in [1.82, 2.24) is 14.9 Å². The van der Waals surface area contributed by atoms with Crippen LogP contribution >= 0.6 is 0 Å². The Morgan fingerprint density at radius 2 is 2.05 bits per heavy atom. The van der Waals surface area contributed by atoms with E-state index in [1.165, 1.54) is 0 Å². The second kappa shape index (κ2) is 7.72. The number of aryl methyl sites for hydroxylation is 1. The van der Waals surface area contributed by atoms with Crippen LogP contribution in [0.25, 0.3) is 0 Å². The van der Waals surface area contributed by atoms with Gasteiger partial charge in [-0.1, -0.05) is 0 Å². The summed E-state index contributed by atoms with van der Waals surface area (Å²) in [6, 6.07) is 0.0786. The van der Waals surface area contributed by atoms with Crippen LogP contribution < -0.4 is 10.6 Å². The molecule has 1 rings (SSSR count). The number of rotatable bonds is 8. The molecule has 0 radical (unpaired) electrons. The van der Waals surface area contributed by atoms with Gasteiger partial charge in [-0.15, -0.1) is 0 Å². The molecule has 0 fully saturated rings. The van der Waals surface area contributed by atoms with E-state index in [0.29, 0.717) is 18.2 Å². The first-order valence-electron chi connectivity index (χ1n) is 7.03. The highest BCUT2D eigenvalue weighted by Crippen LogP contribution is 2.27. The normalized spacial score (nSPS) is 12.3. The number of nitrogens with zero attached hydrogens (tertiary/aromatic N) is 4. The first-order chi connectivity index (χ1) is 9.85. The highest BCUT2D eigenvalue weighted by Gasteiger charge is 2.23. The maximum atomic E-state index is 11.2. The molecular weight excluding hydrogens is 272 g/mol. The van der Waals surface area contributed by atoms with Crippen LogP contribution in [-0.2, 0) is 0 Å². The molecule has 0 aliphatic rings. The molecule has 0 amide bonds. The molecule has 0 aliphatic heterocycles. The molecule has 1 aromatic heterocycles. The van der Waals surface area contributed by atoms with E-state index >= 15 is 0 Å². The van der Waals surface area contributed by atoms with Gasteiger partial charge in [-0.05, 0) is 47.8 Å². The number of aromatic nitrogens is 2. The molecule has 0 spiro atoms. The van der Waals surface area contributed by atoms with Crippen LogP contribution in [0.3, 0.4) is 0 Å². The number of nitrogens with one attached hydrogen (secondary N) is 2. The number of hydrogen-bond acceptors (Lipinski definition) is 7. The Bertz CT molecular complexity index is 492. The first-order valence-corrected chi connectivity index (χ1v) is 7.03. The molecule has 8 heteroatoms. The molecule has 0 saturated heterocycles. The number of nitro groups is 1. The molecule has 21 heavy (non-hydrogen) atoms. The molecule has 0 bridgehead atoms. The van der Waals surface area contributed by atoms with Crippen LogP contribution in [0.1, 0.15) is 26.0 Å². The summed E-state index contributed by atoms with van der Waals surface area (Å²) in [5, 5.41) is 17.3. The lowest BCUT2D eigenvalue weighted by atomic mass is 10.2. The highest BCUT2D eigenvalue weighted by molar-refractivity contribution is 5.61. The van der Waals surface area contributed by atoms with Gasteiger partial charge in [0.1, 0.15) is 5.69 Å². The van der Waals surface area contributed by atoms with E-state index < -0.39 is 4.92 Å². The fourth-order valence-electron chi connectivity index (χ4n) is 1.88. The standard InChI is InChI=1S/C13H24N6O2/c1-6-14-13-16-10(3)11(19(20)21)12(17-13)15-9(2)7-8-18(4)5/h9H,6-8H2,1-5H3,(H2,14,15,16,17). The maximum absolute atomic E-state index is 11.2. The topological polar surface area (TPSA) is 96.2 Å². The Hall–Kier alpha value is -1.96. The second-order valence-corrected chi connectivity index (χ2v) is 5.25. The van der Waals surface area contributed by atoms with E-state index in [1.54, 1.807) is 6.92 Å². The quantitative estimate of drug-likeness (QED) is 0.558. The summed E-state index contributed by atoms with van der Waals surface area (Å²) in [7, 11) is 3.99. The van der Waals surface area contributed by atoms with Crippen LogP contribution in [0, 0.1) is 17.0 Å². The Morgan fingerprint density at radius 3 is 2.57 bits per heavy atom. The predicted octanol–water partition coefficient (Wildman–Crippen LogP) is 1.88. The largest absolute Gasteiger partial charge is 0.362 e. The number of anilines is 2. The van der Waals surface area contributed by atoms with Gasteiger partial charge >= 0.3 is 5.69 Å². The van der Waals surface area contributed by atoms with Crippen molar-refractivity contribution in [2.75, 3.05) is 37.8 Å². The summed E-state index contributed by atoms with van der Waals surface area (Å²) >= 11 is 0. The van der Waals surface area contributed by atoms with Gasteiger partial charge in [0.25, 0.3) is 0 Å². The summed E-state index contributed by atoms with van der Waals surface area (Å²) in [5.41, 5.74) is 0.293. The summed E-state index contributed by atoms with van der Waals surface area (Å²) in [5.74, 6) is 0.678. The third-order valence-corrected chi connectivity index (χ3v) is 2.97. The molecule has 0 aliphatic carbocycles. The lowest BCUT2D eigenvalue weighted by molar-refractivity contribution is -0.385. The lowest BCUT2D eigenvalue weighted by Crippen LogP contribution is -2.24.